The average molecular weight is 222 g/mol. The fraction of sp³-hybridized carbons (Fsp3) is 1.00. The number of hydrogen-bond donors (Lipinski definition) is 2. The Morgan fingerprint density at radius 2 is 1.50 bits per heavy atom. The average Bonchev–Trinajstić information content (AvgIpc) is 2.80. The predicted molar refractivity (Wildman–Crippen MR) is 48.7 cm³/mol. The summed E-state index contributed by atoms with van der Waals surface area (Å²) in [6.07, 6.45) is 3.39. The highest BCUT2D eigenvalue weighted by atomic mass is 31.2. The van der Waals surface area contributed by atoms with E-state index in [1.165, 1.54) is 6.92 Å². The minimum atomic E-state index is -4.36. The third kappa shape index (κ3) is 2.35. The maximum Gasteiger partial charge on any atom is 0.384 e. The Hall–Kier alpha value is 0.0700. The summed E-state index contributed by atoms with van der Waals surface area (Å²) in [5.74, 6) is 0. The van der Waals surface area contributed by atoms with E-state index in [0.717, 1.165) is 25.7 Å². The summed E-state index contributed by atoms with van der Waals surface area (Å²) in [4.78, 5) is 18.3. The Morgan fingerprint density at radius 1 is 1.14 bits per heavy atom. The number of rotatable bonds is 5. The molecule has 0 atom stereocenters. The van der Waals surface area contributed by atoms with Crippen molar-refractivity contribution in [3.8, 4) is 0 Å². The van der Waals surface area contributed by atoms with Gasteiger partial charge in [-0.1, -0.05) is 0 Å². The Bertz CT molecular complexity index is 251. The molecular formula is C8H15O5P. The maximum atomic E-state index is 11.2. The first-order valence-corrected chi connectivity index (χ1v) is 6.43. The fourth-order valence-corrected chi connectivity index (χ4v) is 1.73. The molecule has 2 fully saturated rings. The topological polar surface area (TPSA) is 76.0 Å². The van der Waals surface area contributed by atoms with E-state index in [4.69, 9.17) is 19.3 Å². The SMILES string of the molecule is CC(OC1CC1)(OC1CC1)P(=O)(O)O. The Balaban J connectivity index is 2.04. The smallest absolute Gasteiger partial charge is 0.337 e. The Morgan fingerprint density at radius 3 is 1.71 bits per heavy atom. The van der Waals surface area contributed by atoms with Crippen molar-refractivity contribution in [1.29, 1.82) is 0 Å². The molecule has 0 aromatic heterocycles. The summed E-state index contributed by atoms with van der Waals surface area (Å²) in [5, 5.41) is 0. The molecule has 0 heterocycles. The standard InChI is InChI=1S/C8H15O5P/c1-8(14(9,10)11,12-6-2-3-6)13-7-4-5-7/h6-7H,2-5H2,1H3,(H2,9,10,11). The third-order valence-corrected chi connectivity index (χ3v) is 3.62. The first-order chi connectivity index (χ1) is 6.41. The Kier molecular flexibility index (Phi) is 2.48. The van der Waals surface area contributed by atoms with E-state index < -0.39 is 13.1 Å². The van der Waals surface area contributed by atoms with Crippen LogP contribution in [0.25, 0.3) is 0 Å². The highest BCUT2D eigenvalue weighted by Gasteiger charge is 2.51. The number of hydrogen-bond acceptors (Lipinski definition) is 3. The quantitative estimate of drug-likeness (QED) is 0.540. The molecule has 0 amide bonds. The van der Waals surface area contributed by atoms with Crippen LogP contribution < -0.4 is 0 Å². The van der Waals surface area contributed by atoms with Gasteiger partial charge in [0.1, 0.15) is 0 Å². The molecule has 0 aromatic rings. The summed E-state index contributed by atoms with van der Waals surface area (Å²) in [5.41, 5.74) is -1.73. The molecule has 5 nitrogen and oxygen atoms in total. The lowest BCUT2D eigenvalue weighted by Gasteiger charge is -2.30. The van der Waals surface area contributed by atoms with Crippen LogP contribution in [-0.4, -0.2) is 27.5 Å². The van der Waals surface area contributed by atoms with Gasteiger partial charge in [-0.2, -0.15) is 0 Å². The zero-order valence-electron chi connectivity index (χ0n) is 8.05. The molecule has 0 saturated heterocycles. The van der Waals surface area contributed by atoms with Crippen LogP contribution >= 0.6 is 7.60 Å². The second-order valence-corrected chi connectivity index (χ2v) is 5.98. The van der Waals surface area contributed by atoms with Crippen LogP contribution in [0.1, 0.15) is 32.6 Å². The molecule has 0 bridgehead atoms. The van der Waals surface area contributed by atoms with Gasteiger partial charge in [-0.25, -0.2) is 0 Å². The lowest BCUT2D eigenvalue weighted by Crippen LogP contribution is -2.34. The van der Waals surface area contributed by atoms with Gasteiger partial charge in [0.2, 0.25) is 0 Å². The Labute approximate surface area is 82.6 Å². The van der Waals surface area contributed by atoms with E-state index >= 15 is 0 Å². The van der Waals surface area contributed by atoms with Crippen molar-refractivity contribution < 1.29 is 23.8 Å². The van der Waals surface area contributed by atoms with E-state index in [-0.39, 0.29) is 12.2 Å². The molecule has 2 aliphatic carbocycles. The molecule has 2 aliphatic rings. The molecule has 0 radical (unpaired) electrons. The van der Waals surface area contributed by atoms with Crippen LogP contribution in [0.5, 0.6) is 0 Å². The first kappa shape index (κ1) is 10.6. The molecule has 0 aliphatic heterocycles. The summed E-state index contributed by atoms with van der Waals surface area (Å²) in [7, 11) is -4.36. The van der Waals surface area contributed by atoms with Gasteiger partial charge in [0.25, 0.3) is 5.53 Å². The van der Waals surface area contributed by atoms with Gasteiger partial charge >= 0.3 is 7.60 Å². The molecule has 14 heavy (non-hydrogen) atoms. The summed E-state index contributed by atoms with van der Waals surface area (Å²) in [6, 6.07) is 0. The van der Waals surface area contributed by atoms with Gasteiger partial charge in [0.15, 0.2) is 0 Å². The van der Waals surface area contributed by atoms with Crippen molar-refractivity contribution in [3.05, 3.63) is 0 Å². The molecule has 0 spiro atoms. The largest absolute Gasteiger partial charge is 0.384 e. The van der Waals surface area contributed by atoms with E-state index in [1.54, 1.807) is 0 Å². The highest BCUT2D eigenvalue weighted by Crippen LogP contribution is 2.55. The predicted octanol–water partition coefficient (Wildman–Crippen LogP) is 1.20. The van der Waals surface area contributed by atoms with Crippen molar-refractivity contribution in [2.45, 2.75) is 50.3 Å². The van der Waals surface area contributed by atoms with Crippen molar-refractivity contribution in [1.82, 2.24) is 0 Å². The zero-order chi connectivity index (χ0) is 10.4. The van der Waals surface area contributed by atoms with E-state index in [9.17, 15) is 4.57 Å². The molecular weight excluding hydrogens is 207 g/mol. The number of ether oxygens (including phenoxy) is 2. The summed E-state index contributed by atoms with van der Waals surface area (Å²) >= 11 is 0. The van der Waals surface area contributed by atoms with Gasteiger partial charge in [-0.3, -0.25) is 4.57 Å². The van der Waals surface area contributed by atoms with Gasteiger partial charge in [0, 0.05) is 6.92 Å². The monoisotopic (exact) mass is 222 g/mol. The van der Waals surface area contributed by atoms with Gasteiger partial charge < -0.3 is 19.3 Å². The van der Waals surface area contributed by atoms with Crippen LogP contribution in [0.2, 0.25) is 0 Å². The highest BCUT2D eigenvalue weighted by molar-refractivity contribution is 7.53. The van der Waals surface area contributed by atoms with Crippen molar-refractivity contribution in [2.75, 3.05) is 0 Å². The van der Waals surface area contributed by atoms with Gasteiger partial charge in [0.05, 0.1) is 12.2 Å². The van der Waals surface area contributed by atoms with Crippen molar-refractivity contribution in [2.24, 2.45) is 0 Å². The van der Waals surface area contributed by atoms with Crippen LogP contribution in [-0.2, 0) is 14.0 Å². The van der Waals surface area contributed by atoms with Crippen molar-refractivity contribution >= 4 is 7.60 Å². The lowest BCUT2D eigenvalue weighted by molar-refractivity contribution is -0.191. The van der Waals surface area contributed by atoms with E-state index in [1.807, 2.05) is 0 Å². The van der Waals surface area contributed by atoms with Crippen LogP contribution in [0.15, 0.2) is 0 Å². The molecule has 82 valence electrons. The lowest BCUT2D eigenvalue weighted by atomic mass is 10.6. The third-order valence-electron chi connectivity index (χ3n) is 2.35. The van der Waals surface area contributed by atoms with Crippen LogP contribution in [0.4, 0.5) is 0 Å². The molecule has 0 aromatic carbocycles. The molecule has 2 N–H and O–H groups in total. The fourth-order valence-electron chi connectivity index (χ4n) is 1.16. The first-order valence-electron chi connectivity index (χ1n) is 4.82. The van der Waals surface area contributed by atoms with Crippen LogP contribution in [0, 0.1) is 0 Å². The van der Waals surface area contributed by atoms with E-state index in [0.29, 0.717) is 0 Å². The second kappa shape index (κ2) is 3.29. The normalized spacial score (nSPS) is 23.9. The van der Waals surface area contributed by atoms with Crippen LogP contribution in [0.3, 0.4) is 0 Å². The van der Waals surface area contributed by atoms with E-state index in [2.05, 4.69) is 0 Å². The summed E-state index contributed by atoms with van der Waals surface area (Å²) < 4.78 is 21.8. The second-order valence-electron chi connectivity index (χ2n) is 4.08. The molecule has 2 rings (SSSR count). The zero-order valence-corrected chi connectivity index (χ0v) is 8.94. The van der Waals surface area contributed by atoms with Crippen molar-refractivity contribution in [3.63, 3.8) is 0 Å². The molecule has 6 heteroatoms. The maximum absolute atomic E-state index is 11.2. The molecule has 0 unspecified atom stereocenters. The minimum Gasteiger partial charge on any atom is -0.337 e. The molecule has 2 saturated carbocycles. The van der Waals surface area contributed by atoms with Gasteiger partial charge in [-0.15, -0.1) is 0 Å². The van der Waals surface area contributed by atoms with Gasteiger partial charge in [-0.05, 0) is 25.7 Å². The minimum absolute atomic E-state index is 0.0358. The summed E-state index contributed by atoms with van der Waals surface area (Å²) in [6.45, 7) is 1.34.